The normalized spacial score (nSPS) is 16.3. The Balaban J connectivity index is 4.78. The summed E-state index contributed by atoms with van der Waals surface area (Å²) in [6.07, 6.45) is -27.5. The van der Waals surface area contributed by atoms with Crippen LogP contribution in [0.25, 0.3) is 0 Å². The second kappa shape index (κ2) is 12.4. The van der Waals surface area contributed by atoms with Gasteiger partial charge in [0.05, 0.1) is 0 Å². The van der Waals surface area contributed by atoms with E-state index in [0.717, 1.165) is 6.07 Å². The average molecular weight is 897 g/mol. The number of rotatable bonds is 13. The van der Waals surface area contributed by atoms with E-state index in [1.165, 1.54) is 0 Å². The summed E-state index contributed by atoms with van der Waals surface area (Å²) in [6.45, 7) is -3.25. The molecule has 0 aromatic heterocycles. The first-order valence-electron chi connectivity index (χ1n) is 11.4. The number of halogens is 27. The maximum absolute atomic E-state index is 15.3. The first-order chi connectivity index (χ1) is 21.1. The Hall–Kier alpha value is -1.91. The fourth-order valence-electron chi connectivity index (χ4n) is 3.62. The molecule has 29 heteroatoms. The van der Waals surface area contributed by atoms with Crippen molar-refractivity contribution in [1.82, 2.24) is 0 Å². The molecule has 1 aromatic rings. The monoisotopic (exact) mass is 898 g/mol. The number of benzene rings is 1. The van der Waals surface area contributed by atoms with Crippen molar-refractivity contribution in [3.8, 4) is 0 Å². The van der Waals surface area contributed by atoms with E-state index in [1.54, 1.807) is 0 Å². The Morgan fingerprint density at radius 1 is 0.367 bits per heavy atom. The van der Waals surface area contributed by atoms with Crippen LogP contribution in [-0.4, -0.2) is 91.3 Å². The van der Waals surface area contributed by atoms with Crippen LogP contribution >= 0.6 is 0 Å². The van der Waals surface area contributed by atoms with Crippen molar-refractivity contribution < 1.29 is 122 Å². The van der Waals surface area contributed by atoms with Crippen LogP contribution in [0.3, 0.4) is 0 Å². The zero-order valence-corrected chi connectivity index (χ0v) is 24.8. The molecule has 0 aliphatic heterocycles. The van der Waals surface area contributed by atoms with Crippen LogP contribution in [0.15, 0.2) is 30.3 Å². The zero-order valence-electron chi connectivity index (χ0n) is 21.9. The van der Waals surface area contributed by atoms with E-state index >= 15 is 26.3 Å². The molecule has 1 aromatic carbocycles. The summed E-state index contributed by atoms with van der Waals surface area (Å²) in [7, 11) is 0. The van der Waals surface area contributed by atoms with Gasteiger partial charge < -0.3 is 0 Å². The number of alkyl halides is 27. The Bertz CT molecular complexity index is 1170. The summed E-state index contributed by atoms with van der Waals surface area (Å²) in [4.78, 5) is 0. The molecule has 0 heterocycles. The van der Waals surface area contributed by atoms with E-state index in [-0.39, 0.29) is 0 Å². The first kappa shape index (κ1) is 45.1. The molecule has 0 saturated heterocycles. The summed E-state index contributed by atoms with van der Waals surface area (Å²) in [5.41, 5.74) is -0.912. The van der Waals surface area contributed by atoms with Crippen molar-refractivity contribution in [2.24, 2.45) is 0 Å². The number of hydrogen-bond acceptors (Lipinski definition) is 1. The standard InChI is InChI=1S/C8H9O.3C4F9.Sn/c9-7-6-8-4-2-1-3-5-8;3*5-1(6)2(7,8)3(9,10)4(11,12)13;/h1-5H,6-7H2;;;;/q-1;;;;+1. The van der Waals surface area contributed by atoms with Crippen molar-refractivity contribution in [2.75, 3.05) is 6.61 Å². The van der Waals surface area contributed by atoms with E-state index in [4.69, 9.17) is 0 Å². The van der Waals surface area contributed by atoms with Crippen molar-refractivity contribution in [3.63, 3.8) is 0 Å². The summed E-state index contributed by atoms with van der Waals surface area (Å²) in [5, 5.41) is 0. The van der Waals surface area contributed by atoms with Gasteiger partial charge in [0.15, 0.2) is 0 Å². The van der Waals surface area contributed by atoms with Gasteiger partial charge in [-0.05, 0) is 0 Å². The van der Waals surface area contributed by atoms with Gasteiger partial charge >= 0.3 is 255 Å². The van der Waals surface area contributed by atoms with Crippen LogP contribution in [0.5, 0.6) is 0 Å². The van der Waals surface area contributed by atoms with Gasteiger partial charge in [0.25, 0.3) is 0 Å². The fraction of sp³-hybridized carbons (Fsp3) is 0.700. The summed E-state index contributed by atoms with van der Waals surface area (Å²) >= 11 is -13.6. The van der Waals surface area contributed by atoms with E-state index in [2.05, 4.69) is 3.07 Å². The molecule has 0 N–H and O–H groups in total. The quantitative estimate of drug-likeness (QED) is 0.142. The molecule has 0 saturated carbocycles. The van der Waals surface area contributed by atoms with Gasteiger partial charge in [-0.3, -0.25) is 0 Å². The molecular formula is C20H9F27OSn. The van der Waals surface area contributed by atoms with Gasteiger partial charge in [-0.15, -0.1) is 0 Å². The third-order valence-electron chi connectivity index (χ3n) is 6.31. The second-order valence-electron chi connectivity index (χ2n) is 9.43. The summed E-state index contributed by atoms with van der Waals surface area (Å²) in [6, 6.07) is 3.26. The number of hydrogen-bond donors (Lipinski definition) is 0. The average Bonchev–Trinajstić information content (AvgIpc) is 2.88. The summed E-state index contributed by atoms with van der Waals surface area (Å²) in [5.74, 6) is -55.7. The Morgan fingerprint density at radius 3 is 0.837 bits per heavy atom. The Morgan fingerprint density at radius 2 is 0.612 bits per heavy atom. The third-order valence-corrected chi connectivity index (χ3v) is 18.4. The molecule has 49 heavy (non-hydrogen) atoms. The maximum atomic E-state index is 15.3. The molecule has 1 nitrogen and oxygen atoms in total. The zero-order chi connectivity index (χ0) is 39.7. The van der Waals surface area contributed by atoms with E-state index in [9.17, 15) is 92.2 Å². The van der Waals surface area contributed by atoms with Gasteiger partial charge in [-0.2, -0.15) is 0 Å². The second-order valence-corrected chi connectivity index (χ2v) is 19.5. The molecule has 288 valence electrons. The van der Waals surface area contributed by atoms with Gasteiger partial charge in [0.2, 0.25) is 0 Å². The van der Waals surface area contributed by atoms with Crippen molar-refractivity contribution >= 4 is 18.8 Å². The molecule has 1 rings (SSSR count). The SMILES string of the molecule is FC(F)(F)C(F)(F)C(F)(F)[C](F)(F)[Sn]([O]CCc1ccccc1)([C](F)(F)C(F)(F)C(F)(F)C(F)(F)F)[C](F)(F)C(F)(F)C(F)(F)C(F)(F)F. The van der Waals surface area contributed by atoms with Gasteiger partial charge in [0.1, 0.15) is 0 Å². The Kier molecular flexibility index (Phi) is 11.4. The van der Waals surface area contributed by atoms with Gasteiger partial charge in [0, 0.05) is 0 Å². The molecule has 0 atom stereocenters. The fourth-order valence-corrected chi connectivity index (χ4v) is 14.8. The molecule has 0 aliphatic carbocycles. The van der Waals surface area contributed by atoms with Crippen LogP contribution in [-0.2, 0) is 9.49 Å². The van der Waals surface area contributed by atoms with Crippen molar-refractivity contribution in [2.45, 2.75) is 72.3 Å². The van der Waals surface area contributed by atoms with Gasteiger partial charge in [-0.25, -0.2) is 0 Å². The molecule has 0 fully saturated rings. The van der Waals surface area contributed by atoms with Crippen molar-refractivity contribution in [3.05, 3.63) is 35.9 Å². The first-order valence-corrected chi connectivity index (χ1v) is 16.8. The van der Waals surface area contributed by atoms with Crippen LogP contribution in [0.4, 0.5) is 119 Å². The van der Waals surface area contributed by atoms with Crippen LogP contribution in [0.1, 0.15) is 5.56 Å². The van der Waals surface area contributed by atoms with E-state index in [1.807, 2.05) is 0 Å². The molecule has 0 aliphatic rings. The molecule has 0 radical (unpaired) electrons. The predicted octanol–water partition coefficient (Wildman–Crippen LogP) is 10.2. The Labute approximate surface area is 255 Å². The predicted molar refractivity (Wildman–Crippen MR) is 105 cm³/mol. The van der Waals surface area contributed by atoms with Crippen LogP contribution in [0.2, 0.25) is 0 Å². The minimum absolute atomic E-state index is 0.472. The molecule has 0 amide bonds. The van der Waals surface area contributed by atoms with Gasteiger partial charge in [-0.1, -0.05) is 0 Å². The summed E-state index contributed by atoms with van der Waals surface area (Å²) < 4.78 is 347. The molecule has 0 spiro atoms. The van der Waals surface area contributed by atoms with Crippen molar-refractivity contribution in [1.29, 1.82) is 0 Å². The third kappa shape index (κ3) is 6.11. The van der Waals surface area contributed by atoms with E-state index < -0.39 is 103 Å². The van der Waals surface area contributed by atoms with Crippen LogP contribution in [0, 0.1) is 0 Å². The topological polar surface area (TPSA) is 9.23 Å². The van der Waals surface area contributed by atoms with E-state index in [0.29, 0.717) is 24.3 Å². The molecule has 0 unspecified atom stereocenters. The molecular weight excluding hydrogens is 888 g/mol. The van der Waals surface area contributed by atoms with Crippen LogP contribution < -0.4 is 0 Å². The molecule has 0 bridgehead atoms. The minimum atomic E-state index is -13.6.